The summed E-state index contributed by atoms with van der Waals surface area (Å²) in [4.78, 5) is 0. The van der Waals surface area contributed by atoms with Gasteiger partial charge in [0.05, 0.1) is 6.10 Å². The second-order valence-corrected chi connectivity index (χ2v) is 4.79. The lowest BCUT2D eigenvalue weighted by Gasteiger charge is -2.33. The van der Waals surface area contributed by atoms with Crippen molar-refractivity contribution < 1.29 is 5.11 Å². The fourth-order valence-corrected chi connectivity index (χ4v) is 2.37. The maximum Gasteiger partial charge on any atom is 0.0571 e. The summed E-state index contributed by atoms with van der Waals surface area (Å²) in [6.45, 7) is 4.28. The lowest BCUT2D eigenvalue weighted by Crippen LogP contribution is -2.26. The largest absolute Gasteiger partial charge is 0.393 e. The maximum absolute atomic E-state index is 9.98. The summed E-state index contributed by atoms with van der Waals surface area (Å²) in [5, 5.41) is 9.98. The standard InChI is InChI=1S/C14H20O/c1-3-10(2)14(15)9-12-8-11-6-4-5-7-13(11)12/h4-7,10,12,14-15H,3,8-9H2,1-2H3. The SMILES string of the molecule is CCC(C)C(O)CC1Cc2ccccc21. The third-order valence-electron chi connectivity index (χ3n) is 3.79. The molecule has 1 aliphatic carbocycles. The first-order valence-electron chi connectivity index (χ1n) is 5.98. The first-order valence-corrected chi connectivity index (χ1v) is 5.98. The van der Waals surface area contributed by atoms with Gasteiger partial charge in [-0.05, 0) is 35.8 Å². The van der Waals surface area contributed by atoms with Crippen LogP contribution in [0, 0.1) is 5.92 Å². The summed E-state index contributed by atoms with van der Waals surface area (Å²) in [5.41, 5.74) is 2.93. The third-order valence-corrected chi connectivity index (χ3v) is 3.79. The minimum atomic E-state index is -0.131. The van der Waals surface area contributed by atoms with Crippen LogP contribution in [-0.2, 0) is 6.42 Å². The number of aliphatic hydroxyl groups excluding tert-OH is 1. The molecule has 0 saturated heterocycles. The summed E-state index contributed by atoms with van der Waals surface area (Å²) in [6.07, 6.45) is 3.03. The highest BCUT2D eigenvalue weighted by Gasteiger charge is 2.28. The number of aliphatic hydroxyl groups is 1. The summed E-state index contributed by atoms with van der Waals surface area (Å²) in [7, 11) is 0. The Hall–Kier alpha value is -0.820. The molecule has 0 bridgehead atoms. The number of benzene rings is 1. The Bertz CT molecular complexity index is 332. The van der Waals surface area contributed by atoms with Crippen LogP contribution in [0.15, 0.2) is 24.3 Å². The van der Waals surface area contributed by atoms with Crippen molar-refractivity contribution in [2.45, 2.75) is 45.1 Å². The Labute approximate surface area is 92.1 Å². The smallest absolute Gasteiger partial charge is 0.0571 e. The first kappa shape index (κ1) is 10.7. The van der Waals surface area contributed by atoms with Gasteiger partial charge >= 0.3 is 0 Å². The molecule has 0 saturated carbocycles. The van der Waals surface area contributed by atoms with Crippen LogP contribution < -0.4 is 0 Å². The van der Waals surface area contributed by atoms with Gasteiger partial charge in [0, 0.05) is 0 Å². The summed E-state index contributed by atoms with van der Waals surface area (Å²) >= 11 is 0. The highest BCUT2D eigenvalue weighted by atomic mass is 16.3. The summed E-state index contributed by atoms with van der Waals surface area (Å²) < 4.78 is 0. The molecule has 0 amide bonds. The van der Waals surface area contributed by atoms with Crippen LogP contribution in [0.4, 0.5) is 0 Å². The zero-order chi connectivity index (χ0) is 10.8. The molecule has 1 heteroatoms. The molecule has 1 N–H and O–H groups in total. The summed E-state index contributed by atoms with van der Waals surface area (Å²) in [5.74, 6) is 1.03. The quantitative estimate of drug-likeness (QED) is 0.799. The monoisotopic (exact) mass is 204 g/mol. The Morgan fingerprint density at radius 3 is 2.80 bits per heavy atom. The van der Waals surface area contributed by atoms with E-state index in [1.54, 1.807) is 0 Å². The van der Waals surface area contributed by atoms with Gasteiger partial charge < -0.3 is 5.11 Å². The fraction of sp³-hybridized carbons (Fsp3) is 0.571. The topological polar surface area (TPSA) is 20.2 Å². The van der Waals surface area contributed by atoms with E-state index in [0.717, 1.165) is 19.3 Å². The summed E-state index contributed by atoms with van der Waals surface area (Å²) in [6, 6.07) is 8.59. The molecular formula is C14H20O. The Morgan fingerprint density at radius 2 is 2.13 bits per heavy atom. The van der Waals surface area contributed by atoms with Gasteiger partial charge in [-0.2, -0.15) is 0 Å². The lowest BCUT2D eigenvalue weighted by atomic mass is 9.73. The molecule has 82 valence electrons. The molecule has 0 heterocycles. The normalized spacial score (nSPS) is 22.7. The molecule has 3 unspecified atom stereocenters. The van der Waals surface area contributed by atoms with E-state index in [-0.39, 0.29) is 6.10 Å². The maximum atomic E-state index is 9.98. The second-order valence-electron chi connectivity index (χ2n) is 4.79. The van der Waals surface area contributed by atoms with Crippen LogP contribution in [0.2, 0.25) is 0 Å². The van der Waals surface area contributed by atoms with Crippen molar-refractivity contribution in [1.82, 2.24) is 0 Å². The van der Waals surface area contributed by atoms with Gasteiger partial charge in [0.1, 0.15) is 0 Å². The van der Waals surface area contributed by atoms with Crippen molar-refractivity contribution in [2.24, 2.45) is 5.92 Å². The van der Waals surface area contributed by atoms with Crippen molar-refractivity contribution in [3.8, 4) is 0 Å². The Balaban J connectivity index is 1.94. The molecular weight excluding hydrogens is 184 g/mol. The highest BCUT2D eigenvalue weighted by Crippen LogP contribution is 2.38. The van der Waals surface area contributed by atoms with Crippen molar-refractivity contribution >= 4 is 0 Å². The van der Waals surface area contributed by atoms with Crippen molar-refractivity contribution in [3.63, 3.8) is 0 Å². The molecule has 0 spiro atoms. The number of fused-ring (bicyclic) bond motifs is 1. The van der Waals surface area contributed by atoms with Crippen LogP contribution >= 0.6 is 0 Å². The highest BCUT2D eigenvalue weighted by molar-refractivity contribution is 5.39. The van der Waals surface area contributed by atoms with Crippen molar-refractivity contribution in [3.05, 3.63) is 35.4 Å². The van der Waals surface area contributed by atoms with Gasteiger partial charge in [-0.1, -0.05) is 44.5 Å². The number of hydrogen-bond donors (Lipinski definition) is 1. The third kappa shape index (κ3) is 2.07. The van der Waals surface area contributed by atoms with Crippen molar-refractivity contribution in [1.29, 1.82) is 0 Å². The number of rotatable bonds is 4. The van der Waals surface area contributed by atoms with Gasteiger partial charge in [-0.25, -0.2) is 0 Å². The Morgan fingerprint density at radius 1 is 1.40 bits per heavy atom. The zero-order valence-corrected chi connectivity index (χ0v) is 9.61. The molecule has 0 aromatic heterocycles. The van der Waals surface area contributed by atoms with E-state index >= 15 is 0 Å². The molecule has 15 heavy (non-hydrogen) atoms. The second kappa shape index (κ2) is 4.36. The van der Waals surface area contributed by atoms with Crippen LogP contribution in [-0.4, -0.2) is 11.2 Å². The zero-order valence-electron chi connectivity index (χ0n) is 9.61. The van der Waals surface area contributed by atoms with E-state index in [1.165, 1.54) is 11.1 Å². The van der Waals surface area contributed by atoms with Crippen LogP contribution in [0.1, 0.15) is 43.7 Å². The van der Waals surface area contributed by atoms with E-state index < -0.39 is 0 Å². The average Bonchev–Trinajstić information content (AvgIpc) is 2.24. The van der Waals surface area contributed by atoms with E-state index in [2.05, 4.69) is 38.1 Å². The minimum Gasteiger partial charge on any atom is -0.393 e. The van der Waals surface area contributed by atoms with Gasteiger partial charge in [0.2, 0.25) is 0 Å². The predicted octanol–water partition coefficient (Wildman–Crippen LogP) is 3.12. The molecule has 1 nitrogen and oxygen atoms in total. The van der Waals surface area contributed by atoms with Gasteiger partial charge in [-0.15, -0.1) is 0 Å². The van der Waals surface area contributed by atoms with E-state index in [9.17, 15) is 5.11 Å². The molecule has 0 aliphatic heterocycles. The van der Waals surface area contributed by atoms with Gasteiger partial charge in [-0.3, -0.25) is 0 Å². The van der Waals surface area contributed by atoms with Gasteiger partial charge in [0.15, 0.2) is 0 Å². The molecule has 1 aromatic carbocycles. The lowest BCUT2D eigenvalue weighted by molar-refractivity contribution is 0.0951. The fourth-order valence-electron chi connectivity index (χ4n) is 2.37. The average molecular weight is 204 g/mol. The van der Waals surface area contributed by atoms with Crippen LogP contribution in [0.5, 0.6) is 0 Å². The molecule has 0 radical (unpaired) electrons. The molecule has 3 atom stereocenters. The van der Waals surface area contributed by atoms with E-state index in [0.29, 0.717) is 11.8 Å². The number of hydrogen-bond acceptors (Lipinski definition) is 1. The van der Waals surface area contributed by atoms with Crippen LogP contribution in [0.3, 0.4) is 0 Å². The predicted molar refractivity (Wildman–Crippen MR) is 63.0 cm³/mol. The Kier molecular flexibility index (Phi) is 3.11. The van der Waals surface area contributed by atoms with Crippen molar-refractivity contribution in [2.75, 3.05) is 0 Å². The van der Waals surface area contributed by atoms with Crippen LogP contribution in [0.25, 0.3) is 0 Å². The minimum absolute atomic E-state index is 0.131. The first-order chi connectivity index (χ1) is 7.22. The molecule has 0 fully saturated rings. The van der Waals surface area contributed by atoms with E-state index in [4.69, 9.17) is 0 Å². The molecule has 1 aliphatic rings. The molecule has 2 rings (SSSR count). The van der Waals surface area contributed by atoms with E-state index in [1.807, 2.05) is 0 Å². The van der Waals surface area contributed by atoms with Gasteiger partial charge in [0.25, 0.3) is 0 Å². The molecule has 1 aromatic rings.